The van der Waals surface area contributed by atoms with Crippen molar-refractivity contribution in [2.24, 2.45) is 5.41 Å². The minimum Gasteiger partial charge on any atom is -0.492 e. The smallest absolute Gasteiger partial charge is 0.419 e. The van der Waals surface area contributed by atoms with E-state index < -0.39 is 11.7 Å². The fraction of sp³-hybridized carbons (Fsp3) is 0.500. The topological polar surface area (TPSA) is 9.23 Å². The fourth-order valence-electron chi connectivity index (χ4n) is 1.15. The standard InChI is InChI=1S/C12H15F3OS/c1-11(2,8-17)7-16-10-6-4-3-5-9(10)12(13,14)15/h3-6,17H,7-8H2,1-2H3. The molecule has 0 N–H and O–H groups in total. The minimum atomic E-state index is -4.39. The van der Waals surface area contributed by atoms with Crippen molar-refractivity contribution >= 4 is 12.6 Å². The summed E-state index contributed by atoms with van der Waals surface area (Å²) in [5, 5.41) is 0. The van der Waals surface area contributed by atoms with E-state index in [1.807, 2.05) is 13.8 Å². The molecular weight excluding hydrogens is 249 g/mol. The van der Waals surface area contributed by atoms with Crippen LogP contribution in [0.4, 0.5) is 13.2 Å². The largest absolute Gasteiger partial charge is 0.492 e. The number of hydrogen-bond donors (Lipinski definition) is 1. The first kappa shape index (κ1) is 14.2. The molecule has 0 fully saturated rings. The third-order valence-corrected chi connectivity index (χ3v) is 3.09. The zero-order valence-electron chi connectivity index (χ0n) is 9.71. The first-order valence-electron chi connectivity index (χ1n) is 5.16. The number of benzene rings is 1. The zero-order valence-corrected chi connectivity index (χ0v) is 10.6. The monoisotopic (exact) mass is 264 g/mol. The molecule has 1 aromatic rings. The highest BCUT2D eigenvalue weighted by Gasteiger charge is 2.34. The molecular formula is C12H15F3OS. The lowest BCUT2D eigenvalue weighted by molar-refractivity contribution is -0.139. The number of rotatable bonds is 4. The van der Waals surface area contributed by atoms with Crippen molar-refractivity contribution in [1.82, 2.24) is 0 Å². The van der Waals surface area contributed by atoms with E-state index in [2.05, 4.69) is 12.6 Å². The zero-order chi connectivity index (χ0) is 13.1. The van der Waals surface area contributed by atoms with Gasteiger partial charge in [-0.05, 0) is 17.9 Å². The van der Waals surface area contributed by atoms with Gasteiger partial charge >= 0.3 is 6.18 Å². The molecule has 1 nitrogen and oxygen atoms in total. The van der Waals surface area contributed by atoms with Crippen LogP contribution in [0.1, 0.15) is 19.4 Å². The molecule has 96 valence electrons. The van der Waals surface area contributed by atoms with Crippen LogP contribution in [0.3, 0.4) is 0 Å². The van der Waals surface area contributed by atoms with E-state index >= 15 is 0 Å². The van der Waals surface area contributed by atoms with E-state index in [1.54, 1.807) is 0 Å². The van der Waals surface area contributed by atoms with Gasteiger partial charge in [-0.25, -0.2) is 0 Å². The van der Waals surface area contributed by atoms with Crippen LogP contribution >= 0.6 is 12.6 Å². The van der Waals surface area contributed by atoms with Gasteiger partial charge in [-0.3, -0.25) is 0 Å². The molecule has 0 radical (unpaired) electrons. The van der Waals surface area contributed by atoms with E-state index in [0.717, 1.165) is 6.07 Å². The number of ether oxygens (including phenoxy) is 1. The third-order valence-electron chi connectivity index (χ3n) is 2.24. The van der Waals surface area contributed by atoms with Crippen LogP contribution in [0.25, 0.3) is 0 Å². The summed E-state index contributed by atoms with van der Waals surface area (Å²) >= 11 is 4.13. The van der Waals surface area contributed by atoms with Gasteiger partial charge in [-0.2, -0.15) is 25.8 Å². The van der Waals surface area contributed by atoms with Crippen LogP contribution in [0.2, 0.25) is 0 Å². The Hall–Kier alpha value is -0.840. The summed E-state index contributed by atoms with van der Waals surface area (Å²) in [4.78, 5) is 0. The summed E-state index contributed by atoms with van der Waals surface area (Å²) in [5.74, 6) is 0.413. The molecule has 1 rings (SSSR count). The number of hydrogen-bond acceptors (Lipinski definition) is 2. The number of halogens is 3. The molecule has 0 aromatic heterocycles. The highest BCUT2D eigenvalue weighted by Crippen LogP contribution is 2.36. The SMILES string of the molecule is CC(C)(CS)COc1ccccc1C(F)(F)F. The van der Waals surface area contributed by atoms with Gasteiger partial charge < -0.3 is 4.74 Å². The highest BCUT2D eigenvalue weighted by atomic mass is 32.1. The van der Waals surface area contributed by atoms with Gasteiger partial charge in [-0.1, -0.05) is 26.0 Å². The Labute approximate surface area is 104 Å². The maximum Gasteiger partial charge on any atom is 0.419 e. The maximum absolute atomic E-state index is 12.7. The van der Waals surface area contributed by atoms with Crippen LogP contribution in [0, 0.1) is 5.41 Å². The molecule has 0 aliphatic rings. The molecule has 0 bridgehead atoms. The molecule has 0 atom stereocenters. The quantitative estimate of drug-likeness (QED) is 0.807. The minimum absolute atomic E-state index is 0.130. The summed E-state index contributed by atoms with van der Waals surface area (Å²) in [6, 6.07) is 5.22. The summed E-state index contributed by atoms with van der Waals surface area (Å²) in [7, 11) is 0. The first-order chi connectivity index (χ1) is 7.76. The fourth-order valence-corrected chi connectivity index (χ4v) is 1.24. The van der Waals surface area contributed by atoms with Crippen molar-refractivity contribution < 1.29 is 17.9 Å². The van der Waals surface area contributed by atoms with Gasteiger partial charge in [0.05, 0.1) is 12.2 Å². The molecule has 1 aromatic carbocycles. The summed E-state index contributed by atoms with van der Waals surface area (Å²) in [5.41, 5.74) is -1.00. The van der Waals surface area contributed by atoms with E-state index in [9.17, 15) is 13.2 Å². The lowest BCUT2D eigenvalue weighted by atomic mass is 9.98. The average Bonchev–Trinajstić information content (AvgIpc) is 2.26. The Morgan fingerprint density at radius 3 is 2.29 bits per heavy atom. The van der Waals surface area contributed by atoms with Gasteiger partial charge in [0.15, 0.2) is 0 Å². The van der Waals surface area contributed by atoms with E-state index in [4.69, 9.17) is 4.74 Å². The van der Waals surface area contributed by atoms with Crippen LogP contribution in [-0.4, -0.2) is 12.4 Å². The van der Waals surface area contributed by atoms with Gasteiger partial charge in [0.1, 0.15) is 5.75 Å². The molecule has 0 unspecified atom stereocenters. The van der Waals surface area contributed by atoms with Crippen molar-refractivity contribution in [3.05, 3.63) is 29.8 Å². The lowest BCUT2D eigenvalue weighted by Gasteiger charge is -2.23. The van der Waals surface area contributed by atoms with E-state index in [-0.39, 0.29) is 17.8 Å². The second-order valence-corrected chi connectivity index (χ2v) is 4.92. The van der Waals surface area contributed by atoms with Gasteiger partial charge in [0, 0.05) is 5.41 Å². The summed E-state index contributed by atoms with van der Waals surface area (Å²) in [6.07, 6.45) is -4.39. The van der Waals surface area contributed by atoms with Crippen LogP contribution in [-0.2, 0) is 6.18 Å². The van der Waals surface area contributed by atoms with Crippen LogP contribution in [0.5, 0.6) is 5.75 Å². The van der Waals surface area contributed by atoms with Crippen molar-refractivity contribution in [2.45, 2.75) is 20.0 Å². The Kier molecular flexibility index (Phi) is 4.36. The predicted octanol–water partition coefficient (Wildman–Crippen LogP) is 4.04. The van der Waals surface area contributed by atoms with Gasteiger partial charge in [0.2, 0.25) is 0 Å². The van der Waals surface area contributed by atoms with Gasteiger partial charge in [-0.15, -0.1) is 0 Å². The van der Waals surface area contributed by atoms with Crippen molar-refractivity contribution in [1.29, 1.82) is 0 Å². The number of thiol groups is 1. The average molecular weight is 264 g/mol. The highest BCUT2D eigenvalue weighted by molar-refractivity contribution is 7.80. The first-order valence-corrected chi connectivity index (χ1v) is 5.79. The molecule has 0 aliphatic carbocycles. The van der Waals surface area contributed by atoms with Gasteiger partial charge in [0.25, 0.3) is 0 Å². The van der Waals surface area contributed by atoms with E-state index in [0.29, 0.717) is 5.75 Å². The summed E-state index contributed by atoms with van der Waals surface area (Å²) in [6.45, 7) is 3.97. The predicted molar refractivity (Wildman–Crippen MR) is 64.6 cm³/mol. The second kappa shape index (κ2) is 5.21. The number of alkyl halides is 3. The Bertz CT molecular complexity index is 374. The van der Waals surface area contributed by atoms with Crippen molar-refractivity contribution in [2.75, 3.05) is 12.4 Å². The Morgan fingerprint density at radius 1 is 1.18 bits per heavy atom. The molecule has 0 saturated carbocycles. The number of para-hydroxylation sites is 1. The molecule has 0 saturated heterocycles. The molecule has 0 spiro atoms. The van der Waals surface area contributed by atoms with E-state index in [1.165, 1.54) is 18.2 Å². The molecule has 0 aliphatic heterocycles. The summed E-state index contributed by atoms with van der Waals surface area (Å²) < 4.78 is 43.2. The maximum atomic E-state index is 12.7. The lowest BCUT2D eigenvalue weighted by Crippen LogP contribution is -2.24. The molecule has 5 heteroatoms. The molecule has 17 heavy (non-hydrogen) atoms. The van der Waals surface area contributed by atoms with Crippen molar-refractivity contribution in [3.8, 4) is 5.75 Å². The normalized spacial score (nSPS) is 12.6. The molecule has 0 heterocycles. The Morgan fingerprint density at radius 2 is 1.76 bits per heavy atom. The second-order valence-electron chi connectivity index (χ2n) is 4.60. The third kappa shape index (κ3) is 4.15. The molecule has 0 amide bonds. The van der Waals surface area contributed by atoms with Crippen molar-refractivity contribution in [3.63, 3.8) is 0 Å². The van der Waals surface area contributed by atoms with Crippen LogP contribution in [0.15, 0.2) is 24.3 Å². The van der Waals surface area contributed by atoms with Crippen LogP contribution < -0.4 is 4.74 Å². The Balaban J connectivity index is 2.85.